The number of aryl methyl sites for hydroxylation is 2. The van der Waals surface area contributed by atoms with Crippen molar-refractivity contribution in [1.82, 2.24) is 9.97 Å². The first kappa shape index (κ1) is 38.1. The maximum Gasteiger partial charge on any atom is 2.00 e. The first-order valence-corrected chi connectivity index (χ1v) is 9.96. The molecule has 0 saturated carbocycles. The van der Waals surface area contributed by atoms with Crippen LogP contribution in [0.5, 0.6) is 0 Å². The largest absolute Gasteiger partial charge is 2.00 e. The monoisotopic (exact) mass is 509 g/mol. The van der Waals surface area contributed by atoms with Crippen LogP contribution in [0.1, 0.15) is 11.1 Å². The summed E-state index contributed by atoms with van der Waals surface area (Å²) in [6.45, 7) is 0. The molecule has 0 bridgehead atoms. The van der Waals surface area contributed by atoms with Crippen molar-refractivity contribution in [3.8, 4) is 0 Å². The van der Waals surface area contributed by atoms with E-state index in [9.17, 15) is 25.9 Å². The molecule has 0 aromatic carbocycles. The van der Waals surface area contributed by atoms with Gasteiger partial charge >= 0.3 is 17.1 Å². The van der Waals surface area contributed by atoms with Gasteiger partial charge in [0.25, 0.3) is 0 Å². The summed E-state index contributed by atoms with van der Waals surface area (Å²) in [5.74, 6) is -0.700. The van der Waals surface area contributed by atoms with Crippen LogP contribution in [0.15, 0.2) is 49.1 Å². The predicted octanol–water partition coefficient (Wildman–Crippen LogP) is -3.16. The molecule has 0 fully saturated rings. The van der Waals surface area contributed by atoms with Crippen LogP contribution in [0.4, 0.5) is 0 Å². The first-order chi connectivity index (χ1) is 11.2. The fourth-order valence-corrected chi connectivity index (χ4v) is 2.56. The zero-order valence-electron chi connectivity index (χ0n) is 15.1. The number of rotatable bonds is 6. The number of aromatic nitrogens is 2. The van der Waals surface area contributed by atoms with Gasteiger partial charge in [-0.25, -0.2) is 16.8 Å². The minimum Gasteiger partial charge on any atom is -0.748 e. The molecule has 0 aliphatic rings. The van der Waals surface area contributed by atoms with E-state index in [2.05, 4.69) is 9.97 Å². The maximum absolute atomic E-state index is 10.2. The van der Waals surface area contributed by atoms with Crippen molar-refractivity contribution in [3.63, 3.8) is 0 Å². The Morgan fingerprint density at radius 2 is 0.897 bits per heavy atom. The van der Waals surface area contributed by atoms with Gasteiger partial charge in [0.1, 0.15) is 0 Å². The van der Waals surface area contributed by atoms with E-state index < -0.39 is 20.2 Å². The Morgan fingerprint density at radius 1 is 0.655 bits per heavy atom. The standard InChI is InChI=1S/2C7H9NO3S.Cu.4H2O/c2*9-12(10,11)6-3-7-1-4-8-5-2-7;;;;;/h2*1-2,4-5H,3,6H2,(H,9,10,11);;4*1H2/q;;+2;;;;. The Balaban J connectivity index is -0.000000113. The number of pyridine rings is 2. The van der Waals surface area contributed by atoms with Crippen LogP contribution >= 0.6 is 0 Å². The Kier molecular flexibility index (Phi) is 24.3. The molecule has 2 rings (SSSR count). The molecule has 12 nitrogen and oxygen atoms in total. The average Bonchev–Trinajstić information content (AvgIpc) is 2.52. The van der Waals surface area contributed by atoms with Crippen LogP contribution in [-0.4, -0.2) is 58.4 Å². The van der Waals surface area contributed by atoms with E-state index in [0.29, 0.717) is 0 Å². The van der Waals surface area contributed by atoms with E-state index in [1.165, 1.54) is 0 Å². The average molecular weight is 510 g/mol. The molecular weight excluding hydrogens is 484 g/mol. The Hall–Kier alpha value is -1.52. The molecule has 0 spiro atoms. The SMILES string of the molecule is O.O.O=S(=O)([O-])CCc1ccncc1.O=S(=O)([O-])CCc1ccncc1.[Cu+2].[OH3+].[OH3+]. The molecule has 2 aromatic heterocycles. The minimum atomic E-state index is -4.09. The summed E-state index contributed by atoms with van der Waals surface area (Å²) in [7, 11) is -8.19. The van der Waals surface area contributed by atoms with E-state index in [4.69, 9.17) is 0 Å². The molecule has 0 atom stereocenters. The quantitative estimate of drug-likeness (QED) is 0.217. The molecule has 29 heavy (non-hydrogen) atoms. The van der Waals surface area contributed by atoms with E-state index in [1.54, 1.807) is 49.1 Å². The van der Waals surface area contributed by atoms with Gasteiger partial charge in [-0.15, -0.1) is 0 Å². The smallest absolute Gasteiger partial charge is 0.748 e. The van der Waals surface area contributed by atoms with Gasteiger partial charge in [0.2, 0.25) is 0 Å². The Labute approximate surface area is 179 Å². The summed E-state index contributed by atoms with van der Waals surface area (Å²) in [5.41, 5.74) is 1.62. The molecule has 0 aliphatic heterocycles. The summed E-state index contributed by atoms with van der Waals surface area (Å²) >= 11 is 0. The number of nitrogens with zero attached hydrogens (tertiary/aromatic N) is 2. The second-order valence-electron chi connectivity index (χ2n) is 4.73. The Morgan fingerprint density at radius 3 is 1.10 bits per heavy atom. The molecule has 0 aliphatic carbocycles. The summed E-state index contributed by atoms with van der Waals surface area (Å²) < 4.78 is 61.4. The zero-order chi connectivity index (χ0) is 18.1. The third-order valence-corrected chi connectivity index (χ3v) is 4.19. The molecule has 0 amide bonds. The van der Waals surface area contributed by atoms with Gasteiger partial charge in [0.05, 0.1) is 20.2 Å². The van der Waals surface area contributed by atoms with Crippen LogP contribution in [0, 0.1) is 0 Å². The van der Waals surface area contributed by atoms with Gasteiger partial charge in [0.15, 0.2) is 0 Å². The maximum atomic E-state index is 10.2. The summed E-state index contributed by atoms with van der Waals surface area (Å²) in [6, 6.07) is 6.74. The molecule has 15 heteroatoms. The minimum absolute atomic E-state index is 0. The molecule has 1 radical (unpaired) electrons. The van der Waals surface area contributed by atoms with Crippen molar-refractivity contribution in [3.05, 3.63) is 60.2 Å². The van der Waals surface area contributed by atoms with Crippen LogP contribution in [0.3, 0.4) is 0 Å². The topological polar surface area (TPSA) is 269 Å². The molecule has 173 valence electrons. The molecule has 0 saturated heterocycles. The Bertz CT molecular complexity index is 750. The van der Waals surface area contributed by atoms with E-state index in [0.717, 1.165) is 11.1 Å². The third-order valence-electron chi connectivity index (χ3n) is 2.78. The van der Waals surface area contributed by atoms with E-state index in [1.807, 2.05) is 0 Å². The van der Waals surface area contributed by atoms with Crippen molar-refractivity contribution >= 4 is 20.2 Å². The summed E-state index contributed by atoms with van der Waals surface area (Å²) in [5, 5.41) is 0. The normalized spacial score (nSPS) is 9.45. The third kappa shape index (κ3) is 22.6. The molecule has 2 heterocycles. The fourth-order valence-electron chi connectivity index (χ4n) is 1.58. The van der Waals surface area contributed by atoms with Crippen molar-refractivity contribution in [2.75, 3.05) is 11.5 Å². The van der Waals surface area contributed by atoms with E-state index >= 15 is 0 Å². The van der Waals surface area contributed by atoms with Gasteiger partial charge in [0, 0.05) is 36.3 Å². The van der Waals surface area contributed by atoms with Crippen molar-refractivity contribution in [2.24, 2.45) is 0 Å². The van der Waals surface area contributed by atoms with Crippen LogP contribution in [0.2, 0.25) is 0 Å². The van der Waals surface area contributed by atoms with Gasteiger partial charge in [-0.05, 0) is 48.2 Å². The molecular formula is C14H26CuN2O10S2+2. The molecule has 10 N–H and O–H groups in total. The summed E-state index contributed by atoms with van der Waals surface area (Å²) in [4.78, 5) is 7.52. The van der Waals surface area contributed by atoms with Crippen molar-refractivity contribution < 1.29 is 64.9 Å². The molecule has 0 unspecified atom stereocenters. The molecule has 2 aromatic rings. The van der Waals surface area contributed by atoms with Crippen LogP contribution < -0.4 is 0 Å². The van der Waals surface area contributed by atoms with Gasteiger partial charge in [-0.1, -0.05) is 0 Å². The predicted molar refractivity (Wildman–Crippen MR) is 102 cm³/mol. The van der Waals surface area contributed by atoms with E-state index in [-0.39, 0.29) is 63.3 Å². The van der Waals surface area contributed by atoms with Gasteiger partial charge in [-0.3, -0.25) is 9.97 Å². The first-order valence-electron chi connectivity index (χ1n) is 6.81. The second kappa shape index (κ2) is 18.5. The van der Waals surface area contributed by atoms with Crippen molar-refractivity contribution in [2.45, 2.75) is 12.8 Å². The number of hydrogen-bond donors (Lipinski definition) is 0. The fraction of sp³-hybridized carbons (Fsp3) is 0.286. The summed E-state index contributed by atoms with van der Waals surface area (Å²) in [6.07, 6.45) is 6.77. The second-order valence-corrected chi connectivity index (χ2v) is 7.78. The van der Waals surface area contributed by atoms with Gasteiger partial charge < -0.3 is 31.0 Å². The van der Waals surface area contributed by atoms with Gasteiger partial charge in [-0.2, -0.15) is 0 Å². The van der Waals surface area contributed by atoms with Crippen LogP contribution in [0.25, 0.3) is 0 Å². The zero-order valence-corrected chi connectivity index (χ0v) is 17.6. The van der Waals surface area contributed by atoms with Crippen molar-refractivity contribution in [1.29, 1.82) is 0 Å². The van der Waals surface area contributed by atoms with Crippen LogP contribution in [-0.2, 0) is 61.1 Å². The number of hydrogen-bond acceptors (Lipinski definition) is 8.